The first kappa shape index (κ1) is 18.5. The molecule has 0 aromatic rings. The van der Waals surface area contributed by atoms with Gasteiger partial charge >= 0.3 is 0 Å². The number of nitrogens with one attached hydrogen (secondary N) is 2. The monoisotopic (exact) mass is 325 g/mol. The van der Waals surface area contributed by atoms with Crippen LogP contribution in [-0.2, 0) is 4.74 Å². The summed E-state index contributed by atoms with van der Waals surface area (Å²) in [7, 11) is 0. The molecular formula is C17H35N5O. The van der Waals surface area contributed by atoms with Gasteiger partial charge in [-0.15, -0.1) is 0 Å². The van der Waals surface area contributed by atoms with Crippen LogP contribution in [0.25, 0.3) is 0 Å². The fraction of sp³-hybridized carbons (Fsp3) is 0.941. The van der Waals surface area contributed by atoms with Gasteiger partial charge in [-0.25, -0.2) is 0 Å². The topological polar surface area (TPSA) is 52.1 Å². The zero-order valence-electron chi connectivity index (χ0n) is 15.4. The second kappa shape index (κ2) is 8.85. The second-order valence-electron chi connectivity index (χ2n) is 7.45. The standard InChI is InChI=1S/C17H35N5O/c1-5-18-16(19-7-8-20-17(2,3)4)22-9-6-15(14-22)21-10-12-23-13-11-21/h15,20H,5-14H2,1-4H3,(H,18,19). The summed E-state index contributed by atoms with van der Waals surface area (Å²) in [5.41, 5.74) is 0.156. The molecule has 2 aliphatic rings. The summed E-state index contributed by atoms with van der Waals surface area (Å²) in [6, 6.07) is 0.649. The number of ether oxygens (including phenoxy) is 1. The van der Waals surface area contributed by atoms with Gasteiger partial charge in [0.1, 0.15) is 0 Å². The number of hydrogen-bond donors (Lipinski definition) is 2. The summed E-state index contributed by atoms with van der Waals surface area (Å²) in [5, 5.41) is 6.95. The van der Waals surface area contributed by atoms with Crippen molar-refractivity contribution in [3.8, 4) is 0 Å². The van der Waals surface area contributed by atoms with E-state index in [2.05, 4.69) is 48.1 Å². The minimum Gasteiger partial charge on any atom is -0.379 e. The van der Waals surface area contributed by atoms with Crippen molar-refractivity contribution >= 4 is 5.96 Å². The molecule has 0 amide bonds. The van der Waals surface area contributed by atoms with Gasteiger partial charge in [0.25, 0.3) is 0 Å². The molecule has 2 heterocycles. The Kier molecular flexibility index (Phi) is 7.11. The lowest BCUT2D eigenvalue weighted by atomic mass is 10.1. The first-order valence-corrected chi connectivity index (χ1v) is 9.09. The fourth-order valence-corrected chi connectivity index (χ4v) is 3.19. The van der Waals surface area contributed by atoms with E-state index in [-0.39, 0.29) is 5.54 Å². The lowest BCUT2D eigenvalue weighted by Gasteiger charge is -2.32. The van der Waals surface area contributed by atoms with E-state index in [1.807, 2.05) is 0 Å². The molecule has 23 heavy (non-hydrogen) atoms. The summed E-state index contributed by atoms with van der Waals surface area (Å²) in [5.74, 6) is 1.07. The van der Waals surface area contributed by atoms with Crippen LogP contribution in [0.5, 0.6) is 0 Å². The van der Waals surface area contributed by atoms with Gasteiger partial charge in [-0.3, -0.25) is 9.89 Å². The summed E-state index contributed by atoms with van der Waals surface area (Å²) in [4.78, 5) is 9.80. The van der Waals surface area contributed by atoms with E-state index < -0.39 is 0 Å². The van der Waals surface area contributed by atoms with Gasteiger partial charge in [-0.1, -0.05) is 0 Å². The van der Waals surface area contributed by atoms with Gasteiger partial charge < -0.3 is 20.3 Å². The van der Waals surface area contributed by atoms with Gasteiger partial charge in [0.05, 0.1) is 19.8 Å². The highest BCUT2D eigenvalue weighted by atomic mass is 16.5. The van der Waals surface area contributed by atoms with E-state index in [4.69, 9.17) is 9.73 Å². The van der Waals surface area contributed by atoms with Crippen LogP contribution < -0.4 is 10.6 Å². The molecule has 0 saturated carbocycles. The van der Waals surface area contributed by atoms with E-state index in [1.165, 1.54) is 6.42 Å². The number of aliphatic imine (C=N–C) groups is 1. The molecule has 1 atom stereocenters. The maximum Gasteiger partial charge on any atom is 0.194 e. The average molecular weight is 326 g/mol. The Bertz CT molecular complexity index is 374. The number of rotatable bonds is 5. The summed E-state index contributed by atoms with van der Waals surface area (Å²) in [6.45, 7) is 17.4. The third-order valence-corrected chi connectivity index (χ3v) is 4.39. The fourth-order valence-electron chi connectivity index (χ4n) is 3.19. The van der Waals surface area contributed by atoms with Crippen molar-refractivity contribution < 1.29 is 4.74 Å². The maximum atomic E-state index is 5.47. The summed E-state index contributed by atoms with van der Waals surface area (Å²) >= 11 is 0. The minimum absolute atomic E-state index is 0.156. The molecule has 0 radical (unpaired) electrons. The zero-order valence-corrected chi connectivity index (χ0v) is 15.4. The number of hydrogen-bond acceptors (Lipinski definition) is 4. The van der Waals surface area contributed by atoms with E-state index in [1.54, 1.807) is 0 Å². The van der Waals surface area contributed by atoms with E-state index in [9.17, 15) is 0 Å². The maximum absolute atomic E-state index is 5.47. The lowest BCUT2D eigenvalue weighted by molar-refractivity contribution is 0.0195. The van der Waals surface area contributed by atoms with Crippen LogP contribution >= 0.6 is 0 Å². The molecule has 2 fully saturated rings. The average Bonchev–Trinajstić information content (AvgIpc) is 3.00. The van der Waals surface area contributed by atoms with Crippen molar-refractivity contribution in [3.05, 3.63) is 0 Å². The highest BCUT2D eigenvalue weighted by Gasteiger charge is 2.30. The Hall–Kier alpha value is -0.850. The minimum atomic E-state index is 0.156. The Balaban J connectivity index is 1.82. The molecule has 6 nitrogen and oxygen atoms in total. The molecule has 2 rings (SSSR count). The van der Waals surface area contributed by atoms with Crippen molar-refractivity contribution in [2.24, 2.45) is 4.99 Å². The van der Waals surface area contributed by atoms with Gasteiger partial charge in [0.15, 0.2) is 5.96 Å². The van der Waals surface area contributed by atoms with Gasteiger partial charge in [-0.05, 0) is 34.1 Å². The van der Waals surface area contributed by atoms with Crippen LogP contribution in [0.4, 0.5) is 0 Å². The van der Waals surface area contributed by atoms with Crippen molar-refractivity contribution in [2.75, 3.05) is 59.0 Å². The van der Waals surface area contributed by atoms with Gasteiger partial charge in [-0.2, -0.15) is 0 Å². The van der Waals surface area contributed by atoms with Crippen LogP contribution in [0, 0.1) is 0 Å². The van der Waals surface area contributed by atoms with Crippen molar-refractivity contribution in [1.82, 2.24) is 20.4 Å². The molecule has 0 aliphatic carbocycles. The van der Waals surface area contributed by atoms with Crippen LogP contribution in [0.3, 0.4) is 0 Å². The lowest BCUT2D eigenvalue weighted by Crippen LogP contribution is -2.47. The number of guanidine groups is 1. The highest BCUT2D eigenvalue weighted by molar-refractivity contribution is 5.80. The summed E-state index contributed by atoms with van der Waals surface area (Å²) < 4.78 is 5.47. The Morgan fingerprint density at radius 2 is 1.96 bits per heavy atom. The molecule has 2 N–H and O–H groups in total. The Morgan fingerprint density at radius 3 is 2.61 bits per heavy atom. The molecule has 0 spiro atoms. The molecule has 2 saturated heterocycles. The predicted octanol–water partition coefficient (Wildman–Crippen LogP) is 0.747. The van der Waals surface area contributed by atoms with E-state index in [0.29, 0.717) is 6.04 Å². The van der Waals surface area contributed by atoms with Crippen molar-refractivity contribution in [1.29, 1.82) is 0 Å². The summed E-state index contributed by atoms with van der Waals surface area (Å²) in [6.07, 6.45) is 1.23. The number of likely N-dealkylation sites (tertiary alicyclic amines) is 1. The normalized spacial score (nSPS) is 24.3. The van der Waals surface area contributed by atoms with Crippen LogP contribution in [0.2, 0.25) is 0 Å². The zero-order chi connectivity index (χ0) is 16.7. The Morgan fingerprint density at radius 1 is 1.22 bits per heavy atom. The predicted molar refractivity (Wildman–Crippen MR) is 96.1 cm³/mol. The first-order chi connectivity index (χ1) is 11.0. The SMILES string of the molecule is CCNC(=NCCNC(C)(C)C)N1CCC(N2CCOCC2)C1. The van der Waals surface area contributed by atoms with Crippen LogP contribution in [-0.4, -0.2) is 86.4 Å². The number of morpholine rings is 1. The third kappa shape index (κ3) is 6.28. The molecule has 1 unspecified atom stereocenters. The second-order valence-corrected chi connectivity index (χ2v) is 7.45. The molecule has 0 bridgehead atoms. The largest absolute Gasteiger partial charge is 0.379 e. The van der Waals surface area contributed by atoms with Gasteiger partial charge in [0, 0.05) is 50.8 Å². The molecule has 0 aromatic carbocycles. The third-order valence-electron chi connectivity index (χ3n) is 4.39. The van der Waals surface area contributed by atoms with Crippen LogP contribution in [0.1, 0.15) is 34.1 Å². The molecule has 6 heteroatoms. The molecule has 0 aromatic heterocycles. The quantitative estimate of drug-likeness (QED) is 0.444. The first-order valence-electron chi connectivity index (χ1n) is 9.09. The van der Waals surface area contributed by atoms with E-state index >= 15 is 0 Å². The molecule has 134 valence electrons. The molecular weight excluding hydrogens is 290 g/mol. The van der Waals surface area contributed by atoms with E-state index in [0.717, 1.165) is 65.0 Å². The molecule has 2 aliphatic heterocycles. The van der Waals surface area contributed by atoms with Crippen molar-refractivity contribution in [2.45, 2.75) is 45.7 Å². The van der Waals surface area contributed by atoms with Gasteiger partial charge in [0.2, 0.25) is 0 Å². The Labute approximate surface area is 141 Å². The van der Waals surface area contributed by atoms with Crippen LogP contribution in [0.15, 0.2) is 4.99 Å². The smallest absolute Gasteiger partial charge is 0.194 e. The number of nitrogens with zero attached hydrogens (tertiary/aromatic N) is 3. The highest BCUT2D eigenvalue weighted by Crippen LogP contribution is 2.17. The van der Waals surface area contributed by atoms with Crippen molar-refractivity contribution in [3.63, 3.8) is 0 Å².